The highest BCUT2D eigenvalue weighted by Crippen LogP contribution is 2.20. The topological polar surface area (TPSA) is 83.4 Å². The Morgan fingerprint density at radius 3 is 2.70 bits per heavy atom. The zero-order valence-corrected chi connectivity index (χ0v) is 13.6. The molecule has 2 amide bonds. The third kappa shape index (κ3) is 4.34. The third-order valence-electron chi connectivity index (χ3n) is 3.44. The molecule has 23 heavy (non-hydrogen) atoms. The van der Waals surface area contributed by atoms with Crippen molar-refractivity contribution in [3.8, 4) is 0 Å². The van der Waals surface area contributed by atoms with Gasteiger partial charge in [-0.05, 0) is 36.8 Å². The lowest BCUT2D eigenvalue weighted by atomic mass is 10.2. The second-order valence-corrected chi connectivity index (χ2v) is 5.62. The van der Waals surface area contributed by atoms with Gasteiger partial charge in [-0.3, -0.25) is 9.59 Å². The van der Waals surface area contributed by atoms with E-state index in [1.165, 1.54) is 0 Å². The van der Waals surface area contributed by atoms with Crippen LogP contribution in [0.15, 0.2) is 36.5 Å². The van der Waals surface area contributed by atoms with Crippen molar-refractivity contribution in [3.63, 3.8) is 0 Å². The quantitative estimate of drug-likeness (QED) is 0.745. The van der Waals surface area contributed by atoms with Crippen LogP contribution in [0.25, 0.3) is 0 Å². The molecule has 0 saturated heterocycles. The molecule has 1 unspecified atom stereocenters. The molecule has 7 heteroatoms. The number of nitrogens with zero attached hydrogens (tertiary/aromatic N) is 1. The number of aromatic nitrogens is 1. The minimum atomic E-state index is -0.889. The van der Waals surface area contributed by atoms with Crippen molar-refractivity contribution >= 4 is 29.1 Å². The molecular weight excluding hydrogens is 318 g/mol. The van der Waals surface area contributed by atoms with E-state index in [0.717, 1.165) is 5.56 Å². The summed E-state index contributed by atoms with van der Waals surface area (Å²) in [5, 5.41) is 15.4. The number of nitrogens with one attached hydrogen (secondary N) is 2. The van der Waals surface area contributed by atoms with Crippen molar-refractivity contribution in [1.82, 2.24) is 9.88 Å². The molecular formula is C16H18ClN3O3. The van der Waals surface area contributed by atoms with Crippen LogP contribution in [-0.4, -0.2) is 28.0 Å². The summed E-state index contributed by atoms with van der Waals surface area (Å²) in [7, 11) is 1.79. The molecule has 1 aromatic carbocycles. The van der Waals surface area contributed by atoms with Crippen LogP contribution in [0.4, 0.5) is 5.69 Å². The van der Waals surface area contributed by atoms with Gasteiger partial charge in [-0.2, -0.15) is 0 Å². The zero-order chi connectivity index (χ0) is 17.0. The number of halogens is 1. The van der Waals surface area contributed by atoms with Crippen molar-refractivity contribution in [3.05, 3.63) is 52.8 Å². The number of aliphatic hydroxyl groups excluding tert-OH is 1. The van der Waals surface area contributed by atoms with Gasteiger partial charge in [0.05, 0.1) is 0 Å². The van der Waals surface area contributed by atoms with Gasteiger partial charge < -0.3 is 20.3 Å². The Kier molecular flexibility index (Phi) is 5.41. The van der Waals surface area contributed by atoms with E-state index in [2.05, 4.69) is 10.6 Å². The van der Waals surface area contributed by atoms with E-state index in [-0.39, 0.29) is 6.54 Å². The smallest absolute Gasteiger partial charge is 0.313 e. The van der Waals surface area contributed by atoms with Crippen LogP contribution in [0.2, 0.25) is 5.02 Å². The van der Waals surface area contributed by atoms with Crippen molar-refractivity contribution in [2.75, 3.05) is 11.9 Å². The Bertz CT molecular complexity index is 727. The molecule has 6 nitrogen and oxygen atoms in total. The third-order valence-corrected chi connectivity index (χ3v) is 3.67. The van der Waals surface area contributed by atoms with Gasteiger partial charge in [0.15, 0.2) is 0 Å². The predicted molar refractivity (Wildman–Crippen MR) is 88.2 cm³/mol. The summed E-state index contributed by atoms with van der Waals surface area (Å²) in [5.41, 5.74) is 1.91. The van der Waals surface area contributed by atoms with Crippen molar-refractivity contribution in [2.24, 2.45) is 7.05 Å². The van der Waals surface area contributed by atoms with E-state index in [0.29, 0.717) is 16.4 Å². The predicted octanol–water partition coefficient (Wildman–Crippen LogP) is 1.78. The Hall–Kier alpha value is -2.31. The molecule has 0 bridgehead atoms. The molecule has 2 rings (SSSR count). The maximum absolute atomic E-state index is 11.9. The van der Waals surface area contributed by atoms with Crippen LogP contribution < -0.4 is 10.6 Å². The largest absolute Gasteiger partial charge is 0.385 e. The minimum Gasteiger partial charge on any atom is -0.385 e. The number of hydrogen-bond acceptors (Lipinski definition) is 3. The summed E-state index contributed by atoms with van der Waals surface area (Å²) in [6.45, 7) is 1.74. The van der Waals surface area contributed by atoms with Crippen LogP contribution >= 0.6 is 11.6 Å². The molecule has 0 fully saturated rings. The van der Waals surface area contributed by atoms with Crippen LogP contribution in [0.5, 0.6) is 0 Å². The van der Waals surface area contributed by atoms with Gasteiger partial charge in [-0.25, -0.2) is 0 Å². The number of aliphatic hydroxyl groups is 1. The molecule has 2 aromatic rings. The first-order valence-electron chi connectivity index (χ1n) is 7.03. The Morgan fingerprint density at radius 1 is 1.30 bits per heavy atom. The van der Waals surface area contributed by atoms with Crippen LogP contribution in [0.3, 0.4) is 0 Å². The highest BCUT2D eigenvalue weighted by atomic mass is 35.5. The lowest BCUT2D eigenvalue weighted by Crippen LogP contribution is -2.38. The lowest BCUT2D eigenvalue weighted by molar-refractivity contribution is -0.136. The van der Waals surface area contributed by atoms with Gasteiger partial charge in [-0.1, -0.05) is 17.7 Å². The summed E-state index contributed by atoms with van der Waals surface area (Å²) >= 11 is 5.87. The molecule has 0 spiro atoms. The normalized spacial score (nSPS) is 11.8. The van der Waals surface area contributed by atoms with Gasteiger partial charge >= 0.3 is 11.8 Å². The molecule has 3 N–H and O–H groups in total. The minimum absolute atomic E-state index is 0.0569. The second-order valence-electron chi connectivity index (χ2n) is 5.18. The van der Waals surface area contributed by atoms with E-state index < -0.39 is 17.9 Å². The van der Waals surface area contributed by atoms with E-state index in [4.69, 9.17) is 11.6 Å². The number of aryl methyl sites for hydroxylation is 2. The molecule has 122 valence electrons. The molecule has 1 atom stereocenters. The first-order chi connectivity index (χ1) is 10.9. The summed E-state index contributed by atoms with van der Waals surface area (Å²) < 4.78 is 1.74. The van der Waals surface area contributed by atoms with E-state index >= 15 is 0 Å². The van der Waals surface area contributed by atoms with Crippen molar-refractivity contribution < 1.29 is 14.7 Å². The van der Waals surface area contributed by atoms with Gasteiger partial charge in [0.2, 0.25) is 0 Å². The van der Waals surface area contributed by atoms with Gasteiger partial charge in [0.1, 0.15) is 6.10 Å². The Morgan fingerprint density at radius 2 is 2.04 bits per heavy atom. The summed E-state index contributed by atoms with van der Waals surface area (Å²) in [6.07, 6.45) is 0.898. The molecule has 1 aromatic heterocycles. The number of carbonyl (C=O) groups is 2. The number of hydrogen-bond donors (Lipinski definition) is 3. The van der Waals surface area contributed by atoms with E-state index in [1.807, 2.05) is 0 Å². The SMILES string of the molecule is Cc1ccc(Cl)cc1NC(=O)C(=O)NCC(O)c1cccn1C. The number of rotatable bonds is 4. The number of benzene rings is 1. The number of anilines is 1. The highest BCUT2D eigenvalue weighted by Gasteiger charge is 2.17. The van der Waals surface area contributed by atoms with Crippen LogP contribution in [-0.2, 0) is 16.6 Å². The Labute approximate surface area is 139 Å². The molecule has 0 aliphatic carbocycles. The van der Waals surface area contributed by atoms with E-state index in [9.17, 15) is 14.7 Å². The maximum atomic E-state index is 11.9. The number of carbonyl (C=O) groups excluding carboxylic acids is 2. The summed E-state index contributed by atoms with van der Waals surface area (Å²) in [5.74, 6) is -1.63. The summed E-state index contributed by atoms with van der Waals surface area (Å²) in [4.78, 5) is 23.7. The van der Waals surface area contributed by atoms with Crippen molar-refractivity contribution in [1.29, 1.82) is 0 Å². The lowest BCUT2D eigenvalue weighted by Gasteiger charge is -2.13. The molecule has 0 aliphatic heterocycles. The molecule has 0 radical (unpaired) electrons. The van der Waals surface area contributed by atoms with Crippen LogP contribution in [0.1, 0.15) is 17.4 Å². The number of amides is 2. The fourth-order valence-electron chi connectivity index (χ4n) is 2.10. The van der Waals surface area contributed by atoms with Crippen molar-refractivity contribution in [2.45, 2.75) is 13.0 Å². The standard InChI is InChI=1S/C16H18ClN3O3/c1-10-5-6-11(17)8-12(10)19-16(23)15(22)18-9-14(21)13-4-3-7-20(13)2/h3-8,14,21H,9H2,1-2H3,(H,18,22)(H,19,23). The first kappa shape index (κ1) is 17.1. The Balaban J connectivity index is 1.91. The first-order valence-corrected chi connectivity index (χ1v) is 7.41. The molecule has 0 saturated carbocycles. The fourth-order valence-corrected chi connectivity index (χ4v) is 2.27. The molecule has 1 heterocycles. The average Bonchev–Trinajstić information content (AvgIpc) is 2.94. The van der Waals surface area contributed by atoms with Gasteiger partial charge in [0, 0.05) is 36.2 Å². The average molecular weight is 336 g/mol. The van der Waals surface area contributed by atoms with Gasteiger partial charge in [0.25, 0.3) is 0 Å². The van der Waals surface area contributed by atoms with Gasteiger partial charge in [-0.15, -0.1) is 0 Å². The fraction of sp³-hybridized carbons (Fsp3) is 0.250. The van der Waals surface area contributed by atoms with Crippen LogP contribution in [0, 0.1) is 6.92 Å². The monoisotopic (exact) mass is 335 g/mol. The summed E-state index contributed by atoms with van der Waals surface area (Å²) in [6, 6.07) is 8.54. The zero-order valence-electron chi connectivity index (χ0n) is 12.8. The van der Waals surface area contributed by atoms with E-state index in [1.54, 1.807) is 55.1 Å². The highest BCUT2D eigenvalue weighted by molar-refractivity contribution is 6.40. The molecule has 0 aliphatic rings. The second kappa shape index (κ2) is 7.30. The maximum Gasteiger partial charge on any atom is 0.313 e.